The van der Waals surface area contributed by atoms with E-state index in [1.54, 1.807) is 0 Å². The van der Waals surface area contributed by atoms with Crippen molar-refractivity contribution < 1.29 is 0 Å². The molecular weight excluding hydrogens is 132 g/mol. The minimum Gasteiger partial charge on any atom is -0.138 e. The summed E-state index contributed by atoms with van der Waals surface area (Å²) in [5.41, 5.74) is 0.407. The molecule has 6 nitrogen and oxygen atoms in total. The first-order valence-electron chi connectivity index (χ1n) is 2.52. The molecule has 0 fully saturated rings. The van der Waals surface area contributed by atoms with Crippen molar-refractivity contribution in [3.63, 3.8) is 0 Å². The van der Waals surface area contributed by atoms with Crippen molar-refractivity contribution in [3.8, 4) is 0 Å². The molecule has 2 aromatic heterocycles. The maximum atomic E-state index is 3.58. The van der Waals surface area contributed by atoms with Crippen LogP contribution < -0.4 is 0 Å². The van der Waals surface area contributed by atoms with E-state index in [9.17, 15) is 0 Å². The third-order valence-electron chi connectivity index (χ3n) is 0.973. The van der Waals surface area contributed by atoms with E-state index in [1.807, 2.05) is 0 Å². The van der Waals surface area contributed by atoms with Gasteiger partial charge in [-0.1, -0.05) is 0 Å². The Labute approximate surface area is 55.3 Å². The summed E-state index contributed by atoms with van der Waals surface area (Å²) < 4.78 is 0. The van der Waals surface area contributed by atoms with Crippen molar-refractivity contribution in [1.82, 2.24) is 30.8 Å². The SMILES string of the molecule is [c]1nnnc2nnncc12. The lowest BCUT2D eigenvalue weighted by Gasteiger charge is -1.85. The van der Waals surface area contributed by atoms with E-state index in [0.717, 1.165) is 0 Å². The van der Waals surface area contributed by atoms with Gasteiger partial charge < -0.3 is 0 Å². The van der Waals surface area contributed by atoms with Crippen molar-refractivity contribution in [3.05, 3.63) is 12.4 Å². The van der Waals surface area contributed by atoms with E-state index in [-0.39, 0.29) is 0 Å². The van der Waals surface area contributed by atoms with Crippen LogP contribution in [0.3, 0.4) is 0 Å². The second-order valence-electron chi connectivity index (χ2n) is 1.57. The zero-order chi connectivity index (χ0) is 6.81. The van der Waals surface area contributed by atoms with Crippen LogP contribution in [0, 0.1) is 6.20 Å². The molecule has 0 aliphatic rings. The zero-order valence-electron chi connectivity index (χ0n) is 4.76. The van der Waals surface area contributed by atoms with Crippen molar-refractivity contribution in [1.29, 1.82) is 0 Å². The molecule has 10 heavy (non-hydrogen) atoms. The molecule has 0 unspecified atom stereocenters. The number of rotatable bonds is 0. The lowest BCUT2D eigenvalue weighted by atomic mass is 10.4. The molecule has 2 aromatic rings. The normalized spacial score (nSPS) is 10.0. The first-order valence-corrected chi connectivity index (χ1v) is 2.52. The highest BCUT2D eigenvalue weighted by Gasteiger charge is 1.93. The maximum absolute atomic E-state index is 3.58. The van der Waals surface area contributed by atoms with Gasteiger partial charge in [-0.25, -0.2) is 0 Å². The third kappa shape index (κ3) is 0.661. The van der Waals surface area contributed by atoms with E-state index in [0.29, 0.717) is 11.0 Å². The molecule has 2 rings (SSSR count). The van der Waals surface area contributed by atoms with Crippen LogP contribution in [-0.4, -0.2) is 30.8 Å². The van der Waals surface area contributed by atoms with Crippen molar-refractivity contribution in [2.45, 2.75) is 0 Å². The third-order valence-corrected chi connectivity index (χ3v) is 0.973. The van der Waals surface area contributed by atoms with Crippen LogP contribution in [0.1, 0.15) is 0 Å². The highest BCUT2D eigenvalue weighted by molar-refractivity contribution is 5.69. The summed E-state index contributed by atoms with van der Waals surface area (Å²) in [5, 5.41) is 21.4. The fourth-order valence-corrected chi connectivity index (χ4v) is 0.557. The first kappa shape index (κ1) is 5.10. The Morgan fingerprint density at radius 1 is 1.20 bits per heavy atom. The summed E-state index contributed by atoms with van der Waals surface area (Å²) in [4.78, 5) is 0. The summed E-state index contributed by atoms with van der Waals surface area (Å²) in [7, 11) is 0. The lowest BCUT2D eigenvalue weighted by molar-refractivity contribution is 0.830. The highest BCUT2D eigenvalue weighted by Crippen LogP contribution is 1.97. The molecule has 0 saturated heterocycles. The Bertz CT molecular complexity index is 281. The maximum Gasteiger partial charge on any atom is 0.211 e. The number of hydrogen-bond donors (Lipinski definition) is 0. The van der Waals surface area contributed by atoms with Crippen LogP contribution in [0.5, 0.6) is 0 Å². The fourth-order valence-electron chi connectivity index (χ4n) is 0.557. The van der Waals surface area contributed by atoms with E-state index in [4.69, 9.17) is 0 Å². The largest absolute Gasteiger partial charge is 0.211 e. The number of aromatic nitrogens is 6. The van der Waals surface area contributed by atoms with Crippen LogP contribution in [0.15, 0.2) is 6.20 Å². The van der Waals surface area contributed by atoms with Gasteiger partial charge in [0.15, 0.2) is 0 Å². The molecule has 0 aliphatic heterocycles. The molecular formula is C4HN6. The molecule has 0 aromatic carbocycles. The summed E-state index contributed by atoms with van der Waals surface area (Å²) in [6.45, 7) is 0. The van der Waals surface area contributed by atoms with Gasteiger partial charge >= 0.3 is 0 Å². The van der Waals surface area contributed by atoms with E-state index >= 15 is 0 Å². The monoisotopic (exact) mass is 133 g/mol. The average Bonchev–Trinajstić information content (AvgIpc) is 2.05. The summed E-state index contributed by atoms with van der Waals surface area (Å²) in [6.07, 6.45) is 4.04. The lowest BCUT2D eigenvalue weighted by Crippen LogP contribution is -1.93. The van der Waals surface area contributed by atoms with Crippen LogP contribution in [-0.2, 0) is 0 Å². The van der Waals surface area contributed by atoms with Gasteiger partial charge in [0, 0.05) is 0 Å². The first-order chi connectivity index (χ1) is 4.97. The van der Waals surface area contributed by atoms with Gasteiger partial charge in [0.2, 0.25) is 5.65 Å². The van der Waals surface area contributed by atoms with Crippen LogP contribution >= 0.6 is 0 Å². The smallest absolute Gasteiger partial charge is 0.138 e. The number of fused-ring (bicyclic) bond motifs is 1. The Kier molecular flexibility index (Phi) is 0.970. The second-order valence-corrected chi connectivity index (χ2v) is 1.57. The van der Waals surface area contributed by atoms with Gasteiger partial charge in [0.25, 0.3) is 0 Å². The fraction of sp³-hybridized carbons (Fsp3) is 0. The topological polar surface area (TPSA) is 77.3 Å². The molecule has 0 saturated carbocycles. The van der Waals surface area contributed by atoms with Crippen LogP contribution in [0.4, 0.5) is 0 Å². The van der Waals surface area contributed by atoms with Gasteiger partial charge in [-0.05, 0) is 10.4 Å². The number of nitrogens with zero attached hydrogens (tertiary/aromatic N) is 6. The minimum atomic E-state index is 0.407. The minimum absolute atomic E-state index is 0.407. The standard InChI is InChI=1S/C4HN6/c1-3-2-6-10-8-4(3)7-9-5-1/h1H. The molecule has 6 heteroatoms. The van der Waals surface area contributed by atoms with Crippen LogP contribution in [0.25, 0.3) is 11.0 Å². The molecule has 47 valence electrons. The van der Waals surface area contributed by atoms with E-state index < -0.39 is 0 Å². The molecule has 0 N–H and O–H groups in total. The zero-order valence-corrected chi connectivity index (χ0v) is 4.76. The summed E-state index contributed by atoms with van der Waals surface area (Å²) in [6, 6.07) is 0. The van der Waals surface area contributed by atoms with Gasteiger partial charge in [-0.2, -0.15) is 0 Å². The Morgan fingerprint density at radius 3 is 3.00 bits per heavy atom. The molecule has 0 aliphatic carbocycles. The molecule has 2 heterocycles. The number of hydrogen-bond acceptors (Lipinski definition) is 6. The quantitative estimate of drug-likeness (QED) is 0.459. The molecule has 1 radical (unpaired) electrons. The summed E-state index contributed by atoms with van der Waals surface area (Å²) in [5.74, 6) is 0. The van der Waals surface area contributed by atoms with Gasteiger partial charge in [0.1, 0.15) is 6.20 Å². The predicted molar refractivity (Wildman–Crippen MR) is 29.6 cm³/mol. The van der Waals surface area contributed by atoms with Crippen molar-refractivity contribution in [2.24, 2.45) is 0 Å². The molecule has 0 amide bonds. The van der Waals surface area contributed by atoms with Gasteiger partial charge in [-0.15, -0.1) is 20.4 Å². The average molecular weight is 133 g/mol. The Morgan fingerprint density at radius 2 is 2.10 bits per heavy atom. The molecule has 0 bridgehead atoms. The molecule has 0 spiro atoms. The van der Waals surface area contributed by atoms with E-state index in [2.05, 4.69) is 37.0 Å². The molecule has 0 atom stereocenters. The Balaban J connectivity index is 2.89. The van der Waals surface area contributed by atoms with Crippen LogP contribution in [0.2, 0.25) is 0 Å². The van der Waals surface area contributed by atoms with Crippen molar-refractivity contribution in [2.75, 3.05) is 0 Å². The second kappa shape index (κ2) is 1.90. The van der Waals surface area contributed by atoms with E-state index in [1.165, 1.54) is 6.20 Å². The van der Waals surface area contributed by atoms with Crippen molar-refractivity contribution >= 4 is 11.0 Å². The Hall–Kier alpha value is -1.72. The highest BCUT2D eigenvalue weighted by atomic mass is 15.4. The van der Waals surface area contributed by atoms with Gasteiger partial charge in [0.05, 0.1) is 11.6 Å². The van der Waals surface area contributed by atoms with Gasteiger partial charge in [-0.3, -0.25) is 0 Å². The summed E-state index contributed by atoms with van der Waals surface area (Å²) >= 11 is 0. The predicted octanol–water partition coefficient (Wildman–Crippen LogP) is -0.990.